The molecule has 0 atom stereocenters. The highest BCUT2D eigenvalue weighted by atomic mass is 32.2. The first kappa shape index (κ1) is 21.2. The van der Waals surface area contributed by atoms with Crippen LogP contribution in [0.25, 0.3) is 6.08 Å². The normalized spacial score (nSPS) is 15.6. The second-order valence-corrected chi connectivity index (χ2v) is 8.60. The van der Waals surface area contributed by atoms with Gasteiger partial charge in [0.15, 0.2) is 0 Å². The molecular formula is C20H20FN3O3S2. The maximum atomic E-state index is 13.8. The zero-order chi connectivity index (χ0) is 21.0. The number of carbonyl (C=O) groups is 3. The van der Waals surface area contributed by atoms with Crippen molar-refractivity contribution in [1.82, 2.24) is 15.2 Å². The molecule has 1 aliphatic heterocycles. The van der Waals surface area contributed by atoms with Crippen LogP contribution in [-0.2, 0) is 16.0 Å². The molecule has 0 aliphatic carbocycles. The van der Waals surface area contributed by atoms with Crippen LogP contribution in [0.5, 0.6) is 0 Å². The fraction of sp³-hybridized carbons (Fsp3) is 0.300. The van der Waals surface area contributed by atoms with Crippen molar-refractivity contribution in [3.8, 4) is 0 Å². The van der Waals surface area contributed by atoms with Gasteiger partial charge < -0.3 is 5.32 Å². The van der Waals surface area contributed by atoms with Crippen molar-refractivity contribution in [2.45, 2.75) is 26.2 Å². The van der Waals surface area contributed by atoms with Gasteiger partial charge in [0.05, 0.1) is 22.0 Å². The van der Waals surface area contributed by atoms with E-state index >= 15 is 0 Å². The SMILES string of the molecule is CC(C)c1nc(CC(=O)NCCN2C(=O)S/C(=C\c3ccccc3F)C2=O)cs1. The van der Waals surface area contributed by atoms with Crippen molar-refractivity contribution in [2.24, 2.45) is 0 Å². The summed E-state index contributed by atoms with van der Waals surface area (Å²) in [6, 6.07) is 6.03. The molecule has 152 valence electrons. The fourth-order valence-electron chi connectivity index (χ4n) is 2.63. The predicted octanol–water partition coefficient (Wildman–Crippen LogP) is 3.80. The first-order chi connectivity index (χ1) is 13.8. The molecule has 0 radical (unpaired) electrons. The predicted molar refractivity (Wildman–Crippen MR) is 112 cm³/mol. The van der Waals surface area contributed by atoms with Crippen molar-refractivity contribution in [1.29, 1.82) is 0 Å². The van der Waals surface area contributed by atoms with Crippen LogP contribution >= 0.6 is 23.1 Å². The molecule has 0 saturated carbocycles. The van der Waals surface area contributed by atoms with Gasteiger partial charge in [0.25, 0.3) is 11.1 Å². The van der Waals surface area contributed by atoms with Crippen LogP contribution in [0.4, 0.5) is 9.18 Å². The number of hydrogen-bond donors (Lipinski definition) is 1. The Hall–Kier alpha value is -2.52. The van der Waals surface area contributed by atoms with E-state index in [9.17, 15) is 18.8 Å². The second kappa shape index (κ2) is 9.32. The van der Waals surface area contributed by atoms with Gasteiger partial charge in [-0.05, 0) is 23.9 Å². The molecule has 1 saturated heterocycles. The highest BCUT2D eigenvalue weighted by molar-refractivity contribution is 8.18. The first-order valence-electron chi connectivity index (χ1n) is 9.06. The van der Waals surface area contributed by atoms with Gasteiger partial charge >= 0.3 is 0 Å². The van der Waals surface area contributed by atoms with Crippen LogP contribution in [0.15, 0.2) is 34.6 Å². The van der Waals surface area contributed by atoms with Crippen molar-refractivity contribution in [3.05, 3.63) is 56.6 Å². The molecule has 29 heavy (non-hydrogen) atoms. The number of nitrogens with one attached hydrogen (secondary N) is 1. The van der Waals surface area contributed by atoms with Gasteiger partial charge in [-0.3, -0.25) is 19.3 Å². The van der Waals surface area contributed by atoms with Gasteiger partial charge in [0.2, 0.25) is 5.91 Å². The van der Waals surface area contributed by atoms with E-state index in [0.717, 1.165) is 21.7 Å². The Morgan fingerprint density at radius 3 is 2.76 bits per heavy atom. The number of thiazole rings is 1. The highest BCUT2D eigenvalue weighted by Gasteiger charge is 2.34. The lowest BCUT2D eigenvalue weighted by atomic mass is 10.2. The minimum Gasteiger partial charge on any atom is -0.354 e. The number of aromatic nitrogens is 1. The molecule has 3 amide bonds. The third-order valence-corrected chi connectivity index (χ3v) is 6.23. The molecule has 0 unspecified atom stereocenters. The number of halogens is 1. The van der Waals surface area contributed by atoms with E-state index in [1.54, 1.807) is 12.1 Å². The number of hydrogen-bond acceptors (Lipinski definition) is 6. The Morgan fingerprint density at radius 1 is 1.31 bits per heavy atom. The third kappa shape index (κ3) is 5.30. The van der Waals surface area contributed by atoms with Crippen molar-refractivity contribution in [3.63, 3.8) is 0 Å². The Labute approximate surface area is 176 Å². The maximum Gasteiger partial charge on any atom is 0.293 e. The van der Waals surface area contributed by atoms with Crippen LogP contribution in [0.3, 0.4) is 0 Å². The fourth-order valence-corrected chi connectivity index (χ4v) is 4.32. The average Bonchev–Trinajstić information content (AvgIpc) is 3.23. The first-order valence-corrected chi connectivity index (χ1v) is 10.8. The largest absolute Gasteiger partial charge is 0.354 e. The van der Waals surface area contributed by atoms with E-state index in [4.69, 9.17) is 0 Å². The topological polar surface area (TPSA) is 79.4 Å². The Balaban J connectivity index is 1.52. The number of nitrogens with zero attached hydrogens (tertiary/aromatic N) is 2. The lowest BCUT2D eigenvalue weighted by molar-refractivity contribution is -0.124. The maximum absolute atomic E-state index is 13.8. The highest BCUT2D eigenvalue weighted by Crippen LogP contribution is 2.32. The third-order valence-electron chi connectivity index (χ3n) is 4.13. The lowest BCUT2D eigenvalue weighted by Crippen LogP contribution is -2.37. The number of amides is 3. The quantitative estimate of drug-likeness (QED) is 0.672. The summed E-state index contributed by atoms with van der Waals surface area (Å²) in [6.07, 6.45) is 1.52. The number of benzene rings is 1. The van der Waals surface area contributed by atoms with Crippen molar-refractivity contribution >= 4 is 46.2 Å². The van der Waals surface area contributed by atoms with Crippen LogP contribution in [0, 0.1) is 5.82 Å². The summed E-state index contributed by atoms with van der Waals surface area (Å²) in [5.41, 5.74) is 0.950. The van der Waals surface area contributed by atoms with E-state index in [-0.39, 0.29) is 35.9 Å². The minimum atomic E-state index is -0.487. The molecule has 1 aromatic carbocycles. The zero-order valence-corrected chi connectivity index (χ0v) is 17.6. The molecule has 6 nitrogen and oxygen atoms in total. The summed E-state index contributed by atoms with van der Waals surface area (Å²) in [7, 11) is 0. The molecule has 1 N–H and O–H groups in total. The van der Waals surface area contributed by atoms with Gasteiger partial charge in [0.1, 0.15) is 5.82 Å². The Kier molecular flexibility index (Phi) is 6.81. The number of thioether (sulfide) groups is 1. The molecular weight excluding hydrogens is 413 g/mol. The monoisotopic (exact) mass is 433 g/mol. The molecule has 0 bridgehead atoms. The summed E-state index contributed by atoms with van der Waals surface area (Å²) >= 11 is 2.28. The summed E-state index contributed by atoms with van der Waals surface area (Å²) in [4.78, 5) is 42.3. The van der Waals surface area contributed by atoms with Crippen LogP contribution in [0.2, 0.25) is 0 Å². The Morgan fingerprint density at radius 2 is 2.07 bits per heavy atom. The van der Waals surface area contributed by atoms with E-state index in [1.807, 2.05) is 19.2 Å². The van der Waals surface area contributed by atoms with Gasteiger partial charge in [-0.25, -0.2) is 9.37 Å². The summed E-state index contributed by atoms with van der Waals surface area (Å²) < 4.78 is 13.8. The molecule has 2 heterocycles. The number of carbonyl (C=O) groups excluding carboxylic acids is 3. The molecule has 1 aliphatic rings. The summed E-state index contributed by atoms with van der Waals surface area (Å²) in [6.45, 7) is 4.28. The molecule has 2 aromatic rings. The molecule has 1 aromatic heterocycles. The summed E-state index contributed by atoms with van der Waals surface area (Å²) in [5.74, 6) is -0.861. The zero-order valence-electron chi connectivity index (χ0n) is 16.0. The standard InChI is InChI=1S/C20H20FN3O3S2/c1-12(2)18-23-14(11-28-18)10-17(25)22-7-8-24-19(26)16(29-20(24)27)9-13-5-3-4-6-15(13)21/h3-6,9,11-12H,7-8,10H2,1-2H3,(H,22,25)/b16-9-. The lowest BCUT2D eigenvalue weighted by Gasteiger charge is -2.12. The van der Waals surface area contributed by atoms with E-state index in [1.165, 1.54) is 29.5 Å². The van der Waals surface area contributed by atoms with E-state index in [0.29, 0.717) is 11.6 Å². The van der Waals surface area contributed by atoms with Gasteiger partial charge in [0, 0.05) is 30.0 Å². The molecule has 3 rings (SSSR count). The molecule has 9 heteroatoms. The minimum absolute atomic E-state index is 0.0549. The van der Waals surface area contributed by atoms with Crippen LogP contribution in [-0.4, -0.2) is 40.0 Å². The van der Waals surface area contributed by atoms with Crippen LogP contribution in [0.1, 0.15) is 36.0 Å². The molecule has 0 spiro atoms. The van der Waals surface area contributed by atoms with E-state index < -0.39 is 17.0 Å². The van der Waals surface area contributed by atoms with Gasteiger partial charge in [-0.15, -0.1) is 11.3 Å². The van der Waals surface area contributed by atoms with Crippen molar-refractivity contribution < 1.29 is 18.8 Å². The molecule has 1 fully saturated rings. The average molecular weight is 434 g/mol. The second-order valence-electron chi connectivity index (χ2n) is 6.71. The Bertz CT molecular complexity index is 971. The number of imide groups is 1. The summed E-state index contributed by atoms with van der Waals surface area (Å²) in [5, 5.41) is 5.10. The van der Waals surface area contributed by atoms with Crippen LogP contribution < -0.4 is 5.32 Å². The smallest absolute Gasteiger partial charge is 0.293 e. The van der Waals surface area contributed by atoms with Crippen molar-refractivity contribution in [2.75, 3.05) is 13.1 Å². The van der Waals surface area contributed by atoms with Gasteiger partial charge in [-0.1, -0.05) is 32.0 Å². The number of rotatable bonds is 7. The van der Waals surface area contributed by atoms with E-state index in [2.05, 4.69) is 10.3 Å². The van der Waals surface area contributed by atoms with Gasteiger partial charge in [-0.2, -0.15) is 0 Å².